The Bertz CT molecular complexity index is 284. The highest BCUT2D eigenvalue weighted by Crippen LogP contribution is 2.35. The number of hydrogen-bond donors (Lipinski definition) is 0. The Morgan fingerprint density at radius 2 is 1.41 bits per heavy atom. The standard InChI is InChI=1S/C16H27N/c1-8-15(10-17)16(9-2)14(7)13(6)12(5)11(3)4/h8-9,11-16H,1-2H2,3-7H3/t12-,13+,14-,15?,16-/m0/s1. The molecule has 5 atom stereocenters. The predicted octanol–water partition coefficient (Wildman–Crippen LogP) is 4.68. The maximum absolute atomic E-state index is 9.14. The van der Waals surface area contributed by atoms with Gasteiger partial charge >= 0.3 is 0 Å². The highest BCUT2D eigenvalue weighted by molar-refractivity contribution is 5.06. The summed E-state index contributed by atoms with van der Waals surface area (Å²) in [6, 6.07) is 2.32. The van der Waals surface area contributed by atoms with Crippen molar-refractivity contribution in [3.8, 4) is 6.07 Å². The molecule has 0 amide bonds. The fraction of sp³-hybridized carbons (Fsp3) is 0.688. The summed E-state index contributed by atoms with van der Waals surface area (Å²) in [7, 11) is 0. The Hall–Kier alpha value is -1.03. The van der Waals surface area contributed by atoms with Crippen LogP contribution in [0.3, 0.4) is 0 Å². The number of nitrogens with zero attached hydrogens (tertiary/aromatic N) is 1. The number of rotatable bonds is 7. The molecule has 0 aliphatic rings. The van der Waals surface area contributed by atoms with Crippen LogP contribution in [0.5, 0.6) is 0 Å². The molecule has 1 unspecified atom stereocenters. The highest BCUT2D eigenvalue weighted by Gasteiger charge is 2.29. The second kappa shape index (κ2) is 7.33. The third kappa shape index (κ3) is 4.04. The first-order chi connectivity index (χ1) is 7.90. The van der Waals surface area contributed by atoms with Crippen LogP contribution >= 0.6 is 0 Å². The van der Waals surface area contributed by atoms with Gasteiger partial charge in [-0.2, -0.15) is 5.26 Å². The van der Waals surface area contributed by atoms with Gasteiger partial charge in [-0.3, -0.25) is 0 Å². The van der Waals surface area contributed by atoms with E-state index in [2.05, 4.69) is 53.8 Å². The summed E-state index contributed by atoms with van der Waals surface area (Å²) in [5.41, 5.74) is 0. The molecule has 0 saturated heterocycles. The van der Waals surface area contributed by atoms with Crippen LogP contribution in [0, 0.1) is 46.8 Å². The molecule has 96 valence electrons. The van der Waals surface area contributed by atoms with Gasteiger partial charge < -0.3 is 0 Å². The van der Waals surface area contributed by atoms with Gasteiger partial charge in [0.25, 0.3) is 0 Å². The van der Waals surface area contributed by atoms with E-state index in [1.165, 1.54) is 0 Å². The average molecular weight is 233 g/mol. The summed E-state index contributed by atoms with van der Waals surface area (Å²) in [6.07, 6.45) is 3.67. The first-order valence-corrected chi connectivity index (χ1v) is 6.55. The molecule has 0 saturated carbocycles. The average Bonchev–Trinajstić information content (AvgIpc) is 2.32. The van der Waals surface area contributed by atoms with Crippen LogP contribution < -0.4 is 0 Å². The summed E-state index contributed by atoms with van der Waals surface area (Å²) >= 11 is 0. The Labute approximate surface area is 107 Å². The van der Waals surface area contributed by atoms with Crippen LogP contribution in [-0.2, 0) is 0 Å². The van der Waals surface area contributed by atoms with E-state index in [1.54, 1.807) is 6.08 Å². The summed E-state index contributed by atoms with van der Waals surface area (Å²) in [6.45, 7) is 19.0. The maximum Gasteiger partial charge on any atom is 0.0706 e. The molecular weight excluding hydrogens is 206 g/mol. The zero-order valence-corrected chi connectivity index (χ0v) is 12.0. The van der Waals surface area contributed by atoms with Gasteiger partial charge in [0.2, 0.25) is 0 Å². The SMILES string of the molecule is C=CC(C#N)[C@@H](C=C)[C@@H](C)[C@H](C)[C@@H](C)C(C)C. The zero-order valence-electron chi connectivity index (χ0n) is 12.0. The Morgan fingerprint density at radius 1 is 0.882 bits per heavy atom. The van der Waals surface area contributed by atoms with Crippen LogP contribution in [0.15, 0.2) is 25.3 Å². The first-order valence-electron chi connectivity index (χ1n) is 6.55. The number of hydrogen-bond acceptors (Lipinski definition) is 1. The fourth-order valence-corrected chi connectivity index (χ4v) is 2.42. The topological polar surface area (TPSA) is 23.8 Å². The fourth-order valence-electron chi connectivity index (χ4n) is 2.42. The van der Waals surface area contributed by atoms with Crippen molar-refractivity contribution in [1.82, 2.24) is 0 Å². The van der Waals surface area contributed by atoms with Crippen LogP contribution in [0.4, 0.5) is 0 Å². The molecule has 0 fully saturated rings. The molecule has 0 spiro atoms. The van der Waals surface area contributed by atoms with Crippen molar-refractivity contribution in [1.29, 1.82) is 5.26 Å². The third-order valence-corrected chi connectivity index (χ3v) is 4.41. The van der Waals surface area contributed by atoms with E-state index < -0.39 is 0 Å². The van der Waals surface area contributed by atoms with Gasteiger partial charge in [-0.05, 0) is 29.6 Å². The van der Waals surface area contributed by atoms with Crippen molar-refractivity contribution in [3.63, 3.8) is 0 Å². The molecule has 0 aromatic heterocycles. The molecule has 17 heavy (non-hydrogen) atoms. The maximum atomic E-state index is 9.14. The molecule has 0 N–H and O–H groups in total. The lowest BCUT2D eigenvalue weighted by atomic mass is 9.70. The van der Waals surface area contributed by atoms with Crippen molar-refractivity contribution in [2.45, 2.75) is 34.6 Å². The predicted molar refractivity (Wildman–Crippen MR) is 75.3 cm³/mol. The van der Waals surface area contributed by atoms with Gasteiger partial charge in [0.05, 0.1) is 12.0 Å². The van der Waals surface area contributed by atoms with E-state index in [-0.39, 0.29) is 11.8 Å². The lowest BCUT2D eigenvalue weighted by molar-refractivity contribution is 0.178. The first kappa shape index (κ1) is 16.0. The smallest absolute Gasteiger partial charge is 0.0706 e. The van der Waals surface area contributed by atoms with Gasteiger partial charge in [0.1, 0.15) is 0 Å². The second-order valence-corrected chi connectivity index (χ2v) is 5.53. The molecule has 0 aliphatic carbocycles. The zero-order chi connectivity index (χ0) is 13.6. The Balaban J connectivity index is 4.87. The van der Waals surface area contributed by atoms with Crippen molar-refractivity contribution >= 4 is 0 Å². The van der Waals surface area contributed by atoms with Gasteiger partial charge in [-0.1, -0.05) is 46.8 Å². The molecule has 0 aromatic rings. The summed E-state index contributed by atoms with van der Waals surface area (Å²) in [4.78, 5) is 0. The van der Waals surface area contributed by atoms with Crippen molar-refractivity contribution in [2.75, 3.05) is 0 Å². The molecule has 0 radical (unpaired) electrons. The molecular formula is C16H27N. The molecule has 0 aliphatic heterocycles. The minimum Gasteiger partial charge on any atom is -0.198 e. The molecule has 0 rings (SSSR count). The summed E-state index contributed by atoms with van der Waals surface area (Å²) in [5, 5.41) is 9.14. The largest absolute Gasteiger partial charge is 0.198 e. The van der Waals surface area contributed by atoms with Gasteiger partial charge in [-0.15, -0.1) is 13.2 Å². The minimum absolute atomic E-state index is 0.121. The van der Waals surface area contributed by atoms with Crippen molar-refractivity contribution in [3.05, 3.63) is 25.3 Å². The minimum atomic E-state index is -0.121. The Morgan fingerprint density at radius 3 is 1.71 bits per heavy atom. The summed E-state index contributed by atoms with van der Waals surface area (Å²) < 4.78 is 0. The van der Waals surface area contributed by atoms with Crippen molar-refractivity contribution < 1.29 is 0 Å². The van der Waals surface area contributed by atoms with Gasteiger partial charge in [0, 0.05) is 0 Å². The van der Waals surface area contributed by atoms with Gasteiger partial charge in [0.15, 0.2) is 0 Å². The molecule has 0 aromatic carbocycles. The van der Waals surface area contributed by atoms with E-state index in [1.807, 2.05) is 6.08 Å². The van der Waals surface area contributed by atoms with E-state index >= 15 is 0 Å². The number of nitriles is 1. The number of allylic oxidation sites excluding steroid dienone is 2. The van der Waals surface area contributed by atoms with E-state index in [9.17, 15) is 0 Å². The lowest BCUT2D eigenvalue weighted by Gasteiger charge is -2.34. The highest BCUT2D eigenvalue weighted by atomic mass is 14.4. The van der Waals surface area contributed by atoms with Crippen LogP contribution in [-0.4, -0.2) is 0 Å². The quantitative estimate of drug-likeness (QED) is 0.586. The van der Waals surface area contributed by atoms with E-state index in [0.717, 1.165) is 0 Å². The molecule has 0 bridgehead atoms. The van der Waals surface area contributed by atoms with Crippen LogP contribution in [0.2, 0.25) is 0 Å². The third-order valence-electron chi connectivity index (χ3n) is 4.41. The second-order valence-electron chi connectivity index (χ2n) is 5.53. The molecule has 0 heterocycles. The molecule has 1 heteroatoms. The Kier molecular flexibility index (Phi) is 6.88. The lowest BCUT2D eigenvalue weighted by Crippen LogP contribution is -2.28. The van der Waals surface area contributed by atoms with Gasteiger partial charge in [-0.25, -0.2) is 0 Å². The van der Waals surface area contributed by atoms with E-state index in [0.29, 0.717) is 23.7 Å². The normalized spacial score (nSPS) is 19.8. The van der Waals surface area contributed by atoms with E-state index in [4.69, 9.17) is 5.26 Å². The van der Waals surface area contributed by atoms with Crippen LogP contribution in [0.25, 0.3) is 0 Å². The molecule has 1 nitrogen and oxygen atoms in total. The van der Waals surface area contributed by atoms with Crippen LogP contribution in [0.1, 0.15) is 34.6 Å². The summed E-state index contributed by atoms with van der Waals surface area (Å²) in [5.74, 6) is 2.43. The monoisotopic (exact) mass is 233 g/mol. The van der Waals surface area contributed by atoms with Crippen molar-refractivity contribution in [2.24, 2.45) is 35.5 Å².